The van der Waals surface area contributed by atoms with Crippen LogP contribution in [0.3, 0.4) is 0 Å². The second kappa shape index (κ2) is 5.66. The fourth-order valence-corrected chi connectivity index (χ4v) is 2.44. The Morgan fingerprint density at radius 3 is 3.00 bits per heavy atom. The van der Waals surface area contributed by atoms with Crippen LogP contribution in [0.15, 0.2) is 52.6 Å². The second-order valence-corrected chi connectivity index (χ2v) is 5.03. The van der Waals surface area contributed by atoms with Gasteiger partial charge in [-0.3, -0.25) is 9.78 Å². The first-order chi connectivity index (χ1) is 9.83. The van der Waals surface area contributed by atoms with Crippen molar-refractivity contribution in [2.75, 3.05) is 0 Å². The molecular weight excluding hydrogens is 274 g/mol. The Morgan fingerprint density at radius 2 is 2.25 bits per heavy atom. The predicted octanol–water partition coefficient (Wildman–Crippen LogP) is 2.73. The zero-order valence-electron chi connectivity index (χ0n) is 10.4. The third-order valence-corrected chi connectivity index (χ3v) is 3.61. The van der Waals surface area contributed by atoms with E-state index in [0.717, 1.165) is 16.1 Å². The Labute approximate surface area is 119 Å². The van der Waals surface area contributed by atoms with Crippen LogP contribution in [0.4, 0.5) is 0 Å². The molecule has 5 nitrogen and oxygen atoms in total. The number of hydrogen-bond donors (Lipinski definition) is 1. The van der Waals surface area contributed by atoms with Gasteiger partial charge in [-0.2, -0.15) is 0 Å². The SMILES string of the molecule is O=C(NCc1ccnc(-c2cccs2)c1)c1ccno1. The third-order valence-electron chi connectivity index (χ3n) is 2.71. The van der Waals surface area contributed by atoms with Gasteiger partial charge in [0.15, 0.2) is 0 Å². The summed E-state index contributed by atoms with van der Waals surface area (Å²) in [6, 6.07) is 9.37. The first kappa shape index (κ1) is 12.6. The van der Waals surface area contributed by atoms with Crippen LogP contribution in [-0.4, -0.2) is 16.0 Å². The van der Waals surface area contributed by atoms with E-state index >= 15 is 0 Å². The molecule has 1 amide bonds. The molecule has 100 valence electrons. The molecule has 3 aromatic heterocycles. The number of carbonyl (C=O) groups excluding carboxylic acids is 1. The summed E-state index contributed by atoms with van der Waals surface area (Å²) in [7, 11) is 0. The minimum atomic E-state index is -0.281. The van der Waals surface area contributed by atoms with Gasteiger partial charge in [0.2, 0.25) is 5.76 Å². The quantitative estimate of drug-likeness (QED) is 0.800. The number of rotatable bonds is 4. The van der Waals surface area contributed by atoms with Crippen molar-refractivity contribution >= 4 is 17.2 Å². The van der Waals surface area contributed by atoms with Crippen molar-refractivity contribution in [1.82, 2.24) is 15.5 Å². The number of hydrogen-bond acceptors (Lipinski definition) is 5. The van der Waals surface area contributed by atoms with Crippen LogP contribution in [0.5, 0.6) is 0 Å². The summed E-state index contributed by atoms with van der Waals surface area (Å²) in [6.07, 6.45) is 3.18. The molecular formula is C14H11N3O2S. The number of pyridine rings is 1. The monoisotopic (exact) mass is 285 g/mol. The van der Waals surface area contributed by atoms with Crippen LogP contribution in [0.1, 0.15) is 16.1 Å². The molecule has 0 saturated heterocycles. The summed E-state index contributed by atoms with van der Waals surface area (Å²) in [5.74, 6) is -0.0745. The summed E-state index contributed by atoms with van der Waals surface area (Å²) in [4.78, 5) is 17.2. The molecule has 0 atom stereocenters. The van der Waals surface area contributed by atoms with Crippen LogP contribution in [0.25, 0.3) is 10.6 Å². The molecule has 6 heteroatoms. The maximum Gasteiger partial charge on any atom is 0.290 e. The summed E-state index contributed by atoms with van der Waals surface area (Å²) in [5, 5.41) is 8.29. The molecule has 1 N–H and O–H groups in total. The largest absolute Gasteiger partial charge is 0.351 e. The standard InChI is InChI=1S/C14H11N3O2S/c18-14(12-4-6-17-19-12)16-9-10-3-5-15-11(8-10)13-2-1-7-20-13/h1-8H,9H2,(H,16,18). The minimum Gasteiger partial charge on any atom is -0.351 e. The first-order valence-corrected chi connectivity index (χ1v) is 6.88. The molecule has 3 rings (SSSR count). The number of amides is 1. The van der Waals surface area contributed by atoms with Gasteiger partial charge in [-0.15, -0.1) is 11.3 Å². The molecule has 0 aliphatic rings. The molecule has 3 aromatic rings. The fourth-order valence-electron chi connectivity index (χ4n) is 1.75. The van der Waals surface area contributed by atoms with Gasteiger partial charge >= 0.3 is 0 Å². The molecule has 0 radical (unpaired) electrons. The molecule has 0 fully saturated rings. The minimum absolute atomic E-state index is 0.206. The van der Waals surface area contributed by atoms with Gasteiger partial charge in [-0.05, 0) is 29.1 Å². The fraction of sp³-hybridized carbons (Fsp3) is 0.0714. The number of thiophene rings is 1. The summed E-state index contributed by atoms with van der Waals surface area (Å²) >= 11 is 1.63. The van der Waals surface area contributed by atoms with E-state index in [2.05, 4.69) is 15.5 Å². The van der Waals surface area contributed by atoms with Gasteiger partial charge in [-0.25, -0.2) is 0 Å². The van der Waals surface area contributed by atoms with Crippen LogP contribution in [0, 0.1) is 0 Å². The van der Waals surface area contributed by atoms with Crippen LogP contribution < -0.4 is 5.32 Å². The Balaban J connectivity index is 1.69. The van der Waals surface area contributed by atoms with Gasteiger partial charge in [0.1, 0.15) is 0 Å². The normalized spacial score (nSPS) is 10.4. The van der Waals surface area contributed by atoms with Crippen molar-refractivity contribution in [2.45, 2.75) is 6.54 Å². The molecule has 0 aliphatic heterocycles. The highest BCUT2D eigenvalue weighted by Crippen LogP contribution is 2.22. The number of aromatic nitrogens is 2. The number of nitrogens with zero attached hydrogens (tertiary/aromatic N) is 2. The zero-order valence-corrected chi connectivity index (χ0v) is 11.3. The molecule has 0 saturated carbocycles. The van der Waals surface area contributed by atoms with Crippen molar-refractivity contribution in [1.29, 1.82) is 0 Å². The van der Waals surface area contributed by atoms with Gasteiger partial charge in [0.25, 0.3) is 5.91 Å². The van der Waals surface area contributed by atoms with E-state index in [4.69, 9.17) is 4.52 Å². The van der Waals surface area contributed by atoms with E-state index < -0.39 is 0 Å². The lowest BCUT2D eigenvalue weighted by atomic mass is 10.2. The lowest BCUT2D eigenvalue weighted by Gasteiger charge is -2.04. The average Bonchev–Trinajstić information content (AvgIpc) is 3.17. The Hall–Kier alpha value is -2.47. The lowest BCUT2D eigenvalue weighted by Crippen LogP contribution is -2.22. The van der Waals surface area contributed by atoms with E-state index in [1.165, 1.54) is 12.3 Å². The molecule has 0 unspecified atom stereocenters. The van der Waals surface area contributed by atoms with E-state index in [-0.39, 0.29) is 11.7 Å². The van der Waals surface area contributed by atoms with Crippen LogP contribution >= 0.6 is 11.3 Å². The summed E-state index contributed by atoms with van der Waals surface area (Å²) in [5.41, 5.74) is 1.89. The Bertz CT molecular complexity index is 693. The Kier molecular flexibility index (Phi) is 3.56. The maximum atomic E-state index is 11.7. The van der Waals surface area contributed by atoms with Crippen molar-refractivity contribution in [3.8, 4) is 10.6 Å². The molecule has 0 aromatic carbocycles. The summed E-state index contributed by atoms with van der Waals surface area (Å²) < 4.78 is 4.79. The second-order valence-electron chi connectivity index (χ2n) is 4.09. The van der Waals surface area contributed by atoms with E-state index in [1.54, 1.807) is 17.5 Å². The van der Waals surface area contributed by atoms with Crippen molar-refractivity contribution < 1.29 is 9.32 Å². The smallest absolute Gasteiger partial charge is 0.290 e. The lowest BCUT2D eigenvalue weighted by molar-refractivity contribution is 0.0914. The Morgan fingerprint density at radius 1 is 1.30 bits per heavy atom. The molecule has 20 heavy (non-hydrogen) atoms. The average molecular weight is 285 g/mol. The van der Waals surface area contributed by atoms with Crippen molar-refractivity contribution in [3.63, 3.8) is 0 Å². The number of nitrogens with one attached hydrogen (secondary N) is 1. The van der Waals surface area contributed by atoms with E-state index in [9.17, 15) is 4.79 Å². The van der Waals surface area contributed by atoms with Gasteiger partial charge in [0.05, 0.1) is 16.8 Å². The van der Waals surface area contributed by atoms with Gasteiger partial charge < -0.3 is 9.84 Å². The van der Waals surface area contributed by atoms with Crippen molar-refractivity contribution in [2.24, 2.45) is 0 Å². The molecule has 0 bridgehead atoms. The van der Waals surface area contributed by atoms with Crippen LogP contribution in [0.2, 0.25) is 0 Å². The van der Waals surface area contributed by atoms with E-state index in [0.29, 0.717) is 6.54 Å². The zero-order chi connectivity index (χ0) is 13.8. The van der Waals surface area contributed by atoms with Gasteiger partial charge in [0, 0.05) is 18.8 Å². The molecule has 0 aliphatic carbocycles. The molecule has 0 spiro atoms. The van der Waals surface area contributed by atoms with E-state index in [1.807, 2.05) is 29.6 Å². The topological polar surface area (TPSA) is 68.0 Å². The maximum absolute atomic E-state index is 11.7. The summed E-state index contributed by atoms with van der Waals surface area (Å²) in [6.45, 7) is 0.417. The highest BCUT2D eigenvalue weighted by Gasteiger charge is 2.09. The molecule has 3 heterocycles. The number of carbonyl (C=O) groups is 1. The van der Waals surface area contributed by atoms with Gasteiger partial charge in [-0.1, -0.05) is 11.2 Å². The third kappa shape index (κ3) is 2.75. The predicted molar refractivity (Wildman–Crippen MR) is 75.2 cm³/mol. The first-order valence-electron chi connectivity index (χ1n) is 6.00. The van der Waals surface area contributed by atoms with Crippen molar-refractivity contribution in [3.05, 3.63) is 59.4 Å². The highest BCUT2D eigenvalue weighted by molar-refractivity contribution is 7.13. The highest BCUT2D eigenvalue weighted by atomic mass is 32.1. The van der Waals surface area contributed by atoms with Crippen LogP contribution in [-0.2, 0) is 6.54 Å².